The first kappa shape index (κ1) is 18.3. The van der Waals surface area contributed by atoms with E-state index in [2.05, 4.69) is 0 Å². The molecule has 0 spiro atoms. The number of carbonyl (C=O) groups is 2. The Bertz CT molecular complexity index is 600. The maximum absolute atomic E-state index is 13.2. The van der Waals surface area contributed by atoms with Gasteiger partial charge in [0.1, 0.15) is 0 Å². The standard InChI is InChI=1S/C16H20F2N2O4/c1-23-16(24-2)15(22)20-7-5-19(6-8-20)14(21)10-11-3-4-12(17)13(18)9-11/h3-4,9,16H,5-8,10H2,1-2H3. The third-order valence-electron chi connectivity index (χ3n) is 3.91. The minimum atomic E-state index is -0.971. The molecule has 0 aromatic heterocycles. The highest BCUT2D eigenvalue weighted by molar-refractivity contribution is 5.81. The van der Waals surface area contributed by atoms with Gasteiger partial charge in [0.15, 0.2) is 11.6 Å². The minimum Gasteiger partial charge on any atom is -0.348 e. The van der Waals surface area contributed by atoms with Gasteiger partial charge in [0, 0.05) is 40.4 Å². The molecule has 0 unspecified atom stereocenters. The summed E-state index contributed by atoms with van der Waals surface area (Å²) in [7, 11) is 2.77. The molecule has 0 aliphatic carbocycles. The van der Waals surface area contributed by atoms with Crippen LogP contribution in [0.2, 0.25) is 0 Å². The van der Waals surface area contributed by atoms with Gasteiger partial charge in [-0.3, -0.25) is 9.59 Å². The fraction of sp³-hybridized carbons (Fsp3) is 0.500. The Hall–Kier alpha value is -2.06. The molecule has 6 nitrogen and oxygen atoms in total. The van der Waals surface area contributed by atoms with Crippen molar-refractivity contribution >= 4 is 11.8 Å². The van der Waals surface area contributed by atoms with Crippen molar-refractivity contribution in [3.05, 3.63) is 35.4 Å². The zero-order valence-electron chi connectivity index (χ0n) is 13.6. The van der Waals surface area contributed by atoms with Gasteiger partial charge in [-0.1, -0.05) is 6.07 Å². The highest BCUT2D eigenvalue weighted by Gasteiger charge is 2.28. The van der Waals surface area contributed by atoms with E-state index < -0.39 is 17.9 Å². The smallest absolute Gasteiger partial charge is 0.279 e. The molecule has 1 heterocycles. The van der Waals surface area contributed by atoms with Crippen LogP contribution in [0.4, 0.5) is 8.78 Å². The van der Waals surface area contributed by atoms with Crippen molar-refractivity contribution in [2.45, 2.75) is 12.7 Å². The zero-order valence-corrected chi connectivity index (χ0v) is 13.6. The number of carbonyl (C=O) groups excluding carboxylic acids is 2. The first-order chi connectivity index (χ1) is 11.5. The monoisotopic (exact) mass is 342 g/mol. The van der Waals surface area contributed by atoms with Crippen molar-refractivity contribution in [1.82, 2.24) is 9.80 Å². The number of benzene rings is 1. The second kappa shape index (κ2) is 8.16. The predicted octanol–water partition coefficient (Wildman–Crippen LogP) is 0.797. The molecule has 0 radical (unpaired) electrons. The molecule has 24 heavy (non-hydrogen) atoms. The topological polar surface area (TPSA) is 59.1 Å². The fourth-order valence-corrected chi connectivity index (χ4v) is 2.56. The molecular weight excluding hydrogens is 322 g/mol. The maximum atomic E-state index is 13.2. The number of nitrogens with zero attached hydrogens (tertiary/aromatic N) is 2. The lowest BCUT2D eigenvalue weighted by Crippen LogP contribution is -2.53. The Balaban J connectivity index is 1.88. The number of rotatable bonds is 5. The lowest BCUT2D eigenvalue weighted by atomic mass is 10.1. The second-order valence-electron chi connectivity index (χ2n) is 5.43. The molecule has 1 aliphatic rings. The molecule has 0 N–H and O–H groups in total. The van der Waals surface area contributed by atoms with E-state index in [0.29, 0.717) is 31.7 Å². The van der Waals surface area contributed by atoms with Crippen LogP contribution in [-0.4, -0.2) is 68.3 Å². The van der Waals surface area contributed by atoms with Crippen LogP contribution < -0.4 is 0 Å². The molecular formula is C16H20F2N2O4. The molecule has 0 saturated carbocycles. The SMILES string of the molecule is COC(OC)C(=O)N1CCN(C(=O)Cc2ccc(F)c(F)c2)CC1. The Labute approximate surface area is 138 Å². The van der Waals surface area contributed by atoms with E-state index in [1.54, 1.807) is 9.80 Å². The number of amides is 2. The molecule has 1 fully saturated rings. The van der Waals surface area contributed by atoms with E-state index in [-0.39, 0.29) is 18.2 Å². The molecule has 1 aliphatic heterocycles. The summed E-state index contributed by atoms with van der Waals surface area (Å²) in [5.74, 6) is -2.39. The lowest BCUT2D eigenvalue weighted by Gasteiger charge is -2.35. The van der Waals surface area contributed by atoms with Gasteiger partial charge < -0.3 is 19.3 Å². The maximum Gasteiger partial charge on any atom is 0.279 e. The van der Waals surface area contributed by atoms with Crippen molar-refractivity contribution in [3.8, 4) is 0 Å². The predicted molar refractivity (Wildman–Crippen MR) is 81.0 cm³/mol. The van der Waals surface area contributed by atoms with Crippen LogP contribution in [0.15, 0.2) is 18.2 Å². The Kier molecular flexibility index (Phi) is 6.22. The number of piperazine rings is 1. The number of methoxy groups -OCH3 is 2. The van der Waals surface area contributed by atoms with Crippen LogP contribution in [0.3, 0.4) is 0 Å². The van der Waals surface area contributed by atoms with Gasteiger partial charge in [-0.25, -0.2) is 8.78 Å². The minimum absolute atomic E-state index is 0.0100. The van der Waals surface area contributed by atoms with Crippen LogP contribution in [0.5, 0.6) is 0 Å². The summed E-state index contributed by atoms with van der Waals surface area (Å²) in [6, 6.07) is 3.41. The van der Waals surface area contributed by atoms with Gasteiger partial charge in [-0.05, 0) is 17.7 Å². The summed E-state index contributed by atoms with van der Waals surface area (Å²) < 4.78 is 35.9. The number of ether oxygens (including phenoxy) is 2. The summed E-state index contributed by atoms with van der Waals surface area (Å²) in [6.07, 6.45) is -0.960. The molecule has 2 rings (SSSR count). The fourth-order valence-electron chi connectivity index (χ4n) is 2.56. The van der Waals surface area contributed by atoms with E-state index in [9.17, 15) is 18.4 Å². The Morgan fingerprint density at radius 3 is 2.17 bits per heavy atom. The van der Waals surface area contributed by atoms with Gasteiger partial charge >= 0.3 is 0 Å². The van der Waals surface area contributed by atoms with E-state index in [1.807, 2.05) is 0 Å². The third-order valence-corrected chi connectivity index (χ3v) is 3.91. The van der Waals surface area contributed by atoms with Crippen LogP contribution in [-0.2, 0) is 25.5 Å². The number of halogens is 2. The zero-order chi connectivity index (χ0) is 17.7. The van der Waals surface area contributed by atoms with E-state index >= 15 is 0 Å². The van der Waals surface area contributed by atoms with Gasteiger partial charge in [0.2, 0.25) is 12.2 Å². The molecule has 1 aromatic carbocycles. The number of hydrogen-bond donors (Lipinski definition) is 0. The molecule has 1 aromatic rings. The highest BCUT2D eigenvalue weighted by Crippen LogP contribution is 2.12. The quantitative estimate of drug-likeness (QED) is 0.743. The average molecular weight is 342 g/mol. The summed E-state index contributed by atoms with van der Waals surface area (Å²) in [6.45, 7) is 1.47. The van der Waals surface area contributed by atoms with Crippen LogP contribution in [0.25, 0.3) is 0 Å². The van der Waals surface area contributed by atoms with Crippen LogP contribution >= 0.6 is 0 Å². The molecule has 2 amide bonds. The first-order valence-electron chi connectivity index (χ1n) is 7.52. The van der Waals surface area contributed by atoms with E-state index in [4.69, 9.17) is 9.47 Å². The summed E-state index contributed by atoms with van der Waals surface area (Å²) in [4.78, 5) is 27.5. The molecule has 0 atom stereocenters. The average Bonchev–Trinajstić information content (AvgIpc) is 2.59. The van der Waals surface area contributed by atoms with Gasteiger partial charge in [0.05, 0.1) is 6.42 Å². The second-order valence-corrected chi connectivity index (χ2v) is 5.43. The van der Waals surface area contributed by atoms with Crippen molar-refractivity contribution in [3.63, 3.8) is 0 Å². The van der Waals surface area contributed by atoms with Crippen molar-refractivity contribution in [2.75, 3.05) is 40.4 Å². The largest absolute Gasteiger partial charge is 0.348 e. The van der Waals surface area contributed by atoms with Gasteiger partial charge in [-0.2, -0.15) is 0 Å². The summed E-state index contributed by atoms with van der Waals surface area (Å²) in [5, 5.41) is 0. The van der Waals surface area contributed by atoms with Crippen molar-refractivity contribution < 1.29 is 27.8 Å². The normalized spacial score (nSPS) is 15.0. The van der Waals surface area contributed by atoms with Crippen LogP contribution in [0.1, 0.15) is 5.56 Å². The van der Waals surface area contributed by atoms with E-state index in [0.717, 1.165) is 12.1 Å². The molecule has 8 heteroatoms. The Morgan fingerprint density at radius 1 is 1.04 bits per heavy atom. The van der Waals surface area contributed by atoms with Crippen LogP contribution in [0, 0.1) is 11.6 Å². The molecule has 1 saturated heterocycles. The Morgan fingerprint density at radius 2 is 1.62 bits per heavy atom. The van der Waals surface area contributed by atoms with E-state index in [1.165, 1.54) is 20.3 Å². The van der Waals surface area contributed by atoms with Gasteiger partial charge in [-0.15, -0.1) is 0 Å². The summed E-state index contributed by atoms with van der Waals surface area (Å²) in [5.41, 5.74) is 0.413. The number of hydrogen-bond acceptors (Lipinski definition) is 4. The molecule has 132 valence electrons. The van der Waals surface area contributed by atoms with Crippen molar-refractivity contribution in [2.24, 2.45) is 0 Å². The third kappa shape index (κ3) is 4.27. The first-order valence-corrected chi connectivity index (χ1v) is 7.52. The highest BCUT2D eigenvalue weighted by atomic mass is 19.2. The lowest BCUT2D eigenvalue weighted by molar-refractivity contribution is -0.172. The van der Waals surface area contributed by atoms with Gasteiger partial charge in [0.25, 0.3) is 5.91 Å². The molecule has 0 bridgehead atoms. The summed E-state index contributed by atoms with van der Waals surface area (Å²) >= 11 is 0. The van der Waals surface area contributed by atoms with Crippen molar-refractivity contribution in [1.29, 1.82) is 0 Å².